The van der Waals surface area contributed by atoms with Crippen molar-refractivity contribution in [3.63, 3.8) is 0 Å². The molecule has 0 amide bonds. The first-order valence-electron chi connectivity index (χ1n) is 12.0. The van der Waals surface area contributed by atoms with Crippen LogP contribution in [0.4, 0.5) is 0 Å². The van der Waals surface area contributed by atoms with Crippen molar-refractivity contribution < 1.29 is 48.0 Å². The van der Waals surface area contributed by atoms with Crippen LogP contribution in [-0.2, 0) is 23.2 Å². The second kappa shape index (κ2) is 11.1. The zero-order chi connectivity index (χ0) is 20.6. The third-order valence-corrected chi connectivity index (χ3v) is 13.4. The molecule has 0 heterocycles. The van der Waals surface area contributed by atoms with Crippen molar-refractivity contribution in [2.24, 2.45) is 11.8 Å². The first kappa shape index (κ1) is 25.0. The maximum Gasteiger partial charge on any atom is -1.00 e. The van der Waals surface area contributed by atoms with E-state index in [0.29, 0.717) is 0 Å². The van der Waals surface area contributed by atoms with Crippen molar-refractivity contribution in [2.45, 2.75) is 44.8 Å². The largest absolute Gasteiger partial charge is 1.00 e. The number of allylic oxidation sites excluding steroid dienone is 8. The molecule has 3 heteroatoms. The van der Waals surface area contributed by atoms with E-state index in [1.807, 2.05) is 11.1 Å². The van der Waals surface area contributed by atoms with Crippen molar-refractivity contribution in [2.75, 3.05) is 0 Å². The van der Waals surface area contributed by atoms with Gasteiger partial charge in [-0.15, -0.1) is 0 Å². The Bertz CT molecular complexity index is 968. The molecule has 0 saturated heterocycles. The zero-order valence-electron chi connectivity index (χ0n) is 18.8. The van der Waals surface area contributed by atoms with E-state index in [9.17, 15) is 0 Å². The summed E-state index contributed by atoms with van der Waals surface area (Å²) in [4.78, 5) is 0. The van der Waals surface area contributed by atoms with Crippen LogP contribution in [0.1, 0.15) is 48.6 Å². The molecule has 2 fully saturated rings. The van der Waals surface area contributed by atoms with E-state index < -0.39 is 23.2 Å². The van der Waals surface area contributed by atoms with Gasteiger partial charge in [-0.2, -0.15) is 0 Å². The molecule has 0 aromatic heterocycles. The molecule has 168 valence electrons. The molecule has 6 unspecified atom stereocenters. The van der Waals surface area contributed by atoms with Gasteiger partial charge in [0.1, 0.15) is 0 Å². The molecule has 33 heavy (non-hydrogen) atoms. The summed E-state index contributed by atoms with van der Waals surface area (Å²) in [5.41, 5.74) is 6.80. The Morgan fingerprint density at radius 3 is 1.42 bits per heavy atom. The van der Waals surface area contributed by atoms with Crippen LogP contribution in [0.15, 0.2) is 108 Å². The summed E-state index contributed by atoms with van der Waals surface area (Å²) < 4.78 is 1.67. The minimum atomic E-state index is -0.724. The second-order valence-corrected chi connectivity index (χ2v) is 13.6. The smallest absolute Gasteiger partial charge is 1.00 e. The Kier molecular flexibility index (Phi) is 8.38. The summed E-state index contributed by atoms with van der Waals surface area (Å²) in [6, 6.07) is 22.9. The van der Waals surface area contributed by atoms with Crippen molar-refractivity contribution in [3.8, 4) is 0 Å². The van der Waals surface area contributed by atoms with Crippen LogP contribution in [0, 0.1) is 11.8 Å². The predicted octanol–water partition coefficient (Wildman–Crippen LogP) is 2.03. The maximum absolute atomic E-state index is 2.52. The number of rotatable bonds is 4. The van der Waals surface area contributed by atoms with Gasteiger partial charge in [-0.05, 0) is 0 Å². The number of hydrogen-bond acceptors (Lipinski definition) is 0. The predicted molar refractivity (Wildman–Crippen MR) is 126 cm³/mol. The third-order valence-electron chi connectivity index (χ3n) is 8.05. The SMILES string of the molecule is C1=CCC2CC(c3ccccc3)[CH]([Zr+2][CH]3C4=CC=CCC4CC3c3ccccc3)C2=C1.[Cl-].[Cl-]. The van der Waals surface area contributed by atoms with E-state index >= 15 is 0 Å². The van der Waals surface area contributed by atoms with Gasteiger partial charge in [-0.3, -0.25) is 0 Å². The summed E-state index contributed by atoms with van der Waals surface area (Å²) in [6.07, 6.45) is 19.8. The normalized spacial score (nSPS) is 31.3. The van der Waals surface area contributed by atoms with E-state index in [-0.39, 0.29) is 24.8 Å². The van der Waals surface area contributed by atoms with Gasteiger partial charge in [-0.25, -0.2) is 0 Å². The molecule has 0 nitrogen and oxygen atoms in total. The quantitative estimate of drug-likeness (QED) is 0.545. The number of hydrogen-bond donors (Lipinski definition) is 0. The summed E-state index contributed by atoms with van der Waals surface area (Å²) in [6.45, 7) is 0. The van der Waals surface area contributed by atoms with Crippen molar-refractivity contribution in [1.29, 1.82) is 0 Å². The topological polar surface area (TPSA) is 0 Å². The fraction of sp³-hybridized carbons (Fsp3) is 0.333. The van der Waals surface area contributed by atoms with Gasteiger partial charge in [-0.1, -0.05) is 0 Å². The van der Waals surface area contributed by atoms with Gasteiger partial charge in [0.05, 0.1) is 0 Å². The van der Waals surface area contributed by atoms with Crippen LogP contribution in [0.2, 0.25) is 7.25 Å². The van der Waals surface area contributed by atoms with Crippen LogP contribution in [-0.4, -0.2) is 0 Å². The van der Waals surface area contributed by atoms with Gasteiger partial charge in [0.15, 0.2) is 0 Å². The number of benzene rings is 2. The first-order valence-corrected chi connectivity index (χ1v) is 14.8. The molecule has 2 aromatic rings. The molecule has 0 N–H and O–H groups in total. The summed E-state index contributed by atoms with van der Waals surface area (Å²) in [7, 11) is 0. The molecule has 2 saturated carbocycles. The van der Waals surface area contributed by atoms with Crippen LogP contribution >= 0.6 is 0 Å². The second-order valence-electron chi connectivity index (χ2n) is 9.68. The number of halogens is 2. The van der Waals surface area contributed by atoms with Gasteiger partial charge in [0.2, 0.25) is 0 Å². The summed E-state index contributed by atoms with van der Waals surface area (Å²) in [5, 5.41) is 0. The van der Waals surface area contributed by atoms with E-state index in [1.54, 1.807) is 11.1 Å². The average Bonchev–Trinajstić information content (AvgIpc) is 3.40. The molecule has 6 rings (SSSR count). The molecule has 0 radical (unpaired) electrons. The van der Waals surface area contributed by atoms with Gasteiger partial charge >= 0.3 is 199 Å². The zero-order valence-corrected chi connectivity index (χ0v) is 22.8. The molecule has 0 spiro atoms. The molecule has 0 bridgehead atoms. The monoisotopic (exact) mass is 550 g/mol. The van der Waals surface area contributed by atoms with E-state index in [4.69, 9.17) is 0 Å². The van der Waals surface area contributed by atoms with Crippen LogP contribution < -0.4 is 24.8 Å². The van der Waals surface area contributed by atoms with Gasteiger partial charge in [0.25, 0.3) is 0 Å². The summed E-state index contributed by atoms with van der Waals surface area (Å²) >= 11 is -0.724. The Hall–Kier alpha value is -1.14. The minimum absolute atomic E-state index is 0. The molecular formula is C30H30Cl2Zr. The fourth-order valence-electron chi connectivity index (χ4n) is 6.59. The van der Waals surface area contributed by atoms with Crippen LogP contribution in [0.25, 0.3) is 0 Å². The molecule has 6 atom stereocenters. The molecule has 4 aliphatic carbocycles. The molecule has 0 aliphatic heterocycles. The van der Waals surface area contributed by atoms with Crippen molar-refractivity contribution in [1.82, 2.24) is 0 Å². The van der Waals surface area contributed by atoms with E-state index in [1.165, 1.54) is 25.7 Å². The van der Waals surface area contributed by atoms with E-state index in [2.05, 4.69) is 97.1 Å². The van der Waals surface area contributed by atoms with Crippen LogP contribution in [0.5, 0.6) is 0 Å². The molecule has 4 aliphatic rings. The van der Waals surface area contributed by atoms with Crippen molar-refractivity contribution in [3.05, 3.63) is 119 Å². The average molecular weight is 553 g/mol. The van der Waals surface area contributed by atoms with E-state index in [0.717, 1.165) is 30.9 Å². The Labute approximate surface area is 222 Å². The fourth-order valence-corrected chi connectivity index (χ4v) is 12.9. The Morgan fingerprint density at radius 2 is 1.00 bits per heavy atom. The first-order chi connectivity index (χ1) is 15.4. The summed E-state index contributed by atoms with van der Waals surface area (Å²) in [5.74, 6) is 3.04. The van der Waals surface area contributed by atoms with Gasteiger partial charge in [0, 0.05) is 0 Å². The maximum atomic E-state index is 2.52. The minimum Gasteiger partial charge on any atom is -1.00 e. The standard InChI is InChI=1S/2C15H15.2ClH.Zr/c2*1-2-6-12(7-3-1)15-10-13-8-4-5-9-14(13)11-15;;;/h2*1-8,10,14-15H,9,11H2;2*1H;/q;;;;+2/p-2. The Balaban J connectivity index is 0.00000130. The van der Waals surface area contributed by atoms with Crippen molar-refractivity contribution >= 4 is 0 Å². The van der Waals surface area contributed by atoms with Gasteiger partial charge < -0.3 is 24.8 Å². The molecule has 2 aromatic carbocycles. The third kappa shape index (κ3) is 4.84. The number of fused-ring (bicyclic) bond motifs is 2. The Morgan fingerprint density at radius 1 is 0.576 bits per heavy atom. The molecular weight excluding hydrogens is 522 g/mol. The van der Waals surface area contributed by atoms with Crippen LogP contribution in [0.3, 0.4) is 0 Å².